The highest BCUT2D eigenvalue weighted by Crippen LogP contribution is 2.28. The summed E-state index contributed by atoms with van der Waals surface area (Å²) in [4.78, 5) is 13.8. The third kappa shape index (κ3) is 4.60. The maximum atomic E-state index is 14.2. The molecule has 1 saturated heterocycles. The summed E-state index contributed by atoms with van der Waals surface area (Å²) in [6.45, 7) is 8.10. The van der Waals surface area contributed by atoms with Gasteiger partial charge in [-0.1, -0.05) is 0 Å². The van der Waals surface area contributed by atoms with E-state index in [2.05, 4.69) is 5.32 Å². The van der Waals surface area contributed by atoms with Crippen LogP contribution in [0.3, 0.4) is 0 Å². The monoisotopic (exact) mass is 333 g/mol. The second-order valence-electron chi connectivity index (χ2n) is 7.19. The number of benzene rings is 1. The molecule has 0 aliphatic carbocycles. The number of alkyl carbamates (subject to hydrolysis) is 1. The van der Waals surface area contributed by atoms with E-state index in [1.807, 2.05) is 38.7 Å². The molecule has 1 aromatic rings. The van der Waals surface area contributed by atoms with Crippen LogP contribution in [0.5, 0.6) is 0 Å². The van der Waals surface area contributed by atoms with Crippen LogP contribution in [0.1, 0.15) is 46.1 Å². The van der Waals surface area contributed by atoms with E-state index < -0.39 is 11.7 Å². The highest BCUT2D eigenvalue weighted by atomic mass is 19.1. The van der Waals surface area contributed by atoms with E-state index in [0.717, 1.165) is 0 Å². The summed E-state index contributed by atoms with van der Waals surface area (Å²) in [5, 5.41) is 11.7. The molecule has 0 radical (unpaired) electrons. The second-order valence-corrected chi connectivity index (χ2v) is 7.19. The molecule has 2 unspecified atom stereocenters. The van der Waals surface area contributed by atoms with Gasteiger partial charge >= 0.3 is 6.09 Å². The zero-order valence-corrected chi connectivity index (χ0v) is 14.6. The topological polar surface area (TPSA) is 65.4 Å². The van der Waals surface area contributed by atoms with E-state index in [-0.39, 0.29) is 17.9 Å². The fraction of sp³-hybridized carbons (Fsp3) is 0.556. The highest BCUT2D eigenvalue weighted by Gasteiger charge is 2.29. The Morgan fingerprint density at radius 2 is 2.17 bits per heavy atom. The lowest BCUT2D eigenvalue weighted by molar-refractivity contribution is 0.0494. The lowest BCUT2D eigenvalue weighted by atomic mass is 9.97. The number of halogens is 1. The van der Waals surface area contributed by atoms with Gasteiger partial charge < -0.3 is 15.0 Å². The van der Waals surface area contributed by atoms with Gasteiger partial charge in [0.25, 0.3) is 0 Å². The fourth-order valence-electron chi connectivity index (χ4n) is 2.94. The number of hydrogen-bond acceptors (Lipinski definition) is 4. The number of hydrogen-bond donors (Lipinski definition) is 1. The van der Waals surface area contributed by atoms with E-state index in [4.69, 9.17) is 10.00 Å². The molecule has 0 aromatic heterocycles. The van der Waals surface area contributed by atoms with Gasteiger partial charge in [0.1, 0.15) is 11.4 Å². The molecule has 5 nitrogen and oxygen atoms in total. The summed E-state index contributed by atoms with van der Waals surface area (Å²) in [7, 11) is 0. The Labute approximate surface area is 142 Å². The van der Waals surface area contributed by atoms with Gasteiger partial charge in [-0.3, -0.25) is 0 Å². The summed E-state index contributed by atoms with van der Waals surface area (Å²) in [6, 6.07) is 6.54. The molecule has 1 aliphatic heterocycles. The standard InChI is InChI=1S/C18H24FN3O2/c1-12-9-14(21-17(23)24-18(2,3)4)7-8-22(12)16-6-5-13(11-20)10-15(16)19/h5-6,10,12,14H,7-9H2,1-4H3,(H,21,23). The van der Waals surface area contributed by atoms with E-state index in [0.29, 0.717) is 30.6 Å². The first-order valence-corrected chi connectivity index (χ1v) is 8.15. The van der Waals surface area contributed by atoms with Crippen LogP contribution in [-0.2, 0) is 4.74 Å². The zero-order valence-electron chi connectivity index (χ0n) is 14.6. The van der Waals surface area contributed by atoms with Crippen molar-refractivity contribution in [1.82, 2.24) is 5.32 Å². The smallest absolute Gasteiger partial charge is 0.407 e. The first-order chi connectivity index (χ1) is 11.2. The van der Waals surface area contributed by atoms with Gasteiger partial charge in [-0.2, -0.15) is 5.26 Å². The van der Waals surface area contributed by atoms with Crippen LogP contribution in [0.2, 0.25) is 0 Å². The zero-order chi connectivity index (χ0) is 17.9. The SMILES string of the molecule is CC1CC(NC(=O)OC(C)(C)C)CCN1c1ccc(C#N)cc1F. The van der Waals surface area contributed by atoms with Crippen molar-refractivity contribution in [2.24, 2.45) is 0 Å². The minimum Gasteiger partial charge on any atom is -0.444 e. The number of amides is 1. The van der Waals surface area contributed by atoms with Crippen molar-refractivity contribution in [3.8, 4) is 6.07 Å². The van der Waals surface area contributed by atoms with E-state index in [1.54, 1.807) is 12.1 Å². The second kappa shape index (κ2) is 7.08. The van der Waals surface area contributed by atoms with Gasteiger partial charge in [-0.05, 0) is 58.7 Å². The number of anilines is 1. The predicted octanol–water partition coefficient (Wildman–Crippen LogP) is 3.58. The molecule has 1 amide bonds. The number of ether oxygens (including phenoxy) is 1. The number of carbonyl (C=O) groups is 1. The molecule has 0 spiro atoms. The number of nitrogens with one attached hydrogen (secondary N) is 1. The minimum atomic E-state index is -0.526. The molecule has 0 bridgehead atoms. The number of piperidine rings is 1. The molecule has 1 aliphatic rings. The van der Waals surface area contributed by atoms with Gasteiger partial charge in [-0.25, -0.2) is 9.18 Å². The molecule has 2 atom stereocenters. The van der Waals surface area contributed by atoms with Crippen molar-refractivity contribution in [2.45, 2.75) is 58.2 Å². The van der Waals surface area contributed by atoms with Crippen LogP contribution in [0.4, 0.5) is 14.9 Å². The summed E-state index contributed by atoms with van der Waals surface area (Å²) in [5.74, 6) is -0.389. The summed E-state index contributed by atoms with van der Waals surface area (Å²) >= 11 is 0. The number of rotatable bonds is 2. The number of nitrogens with zero attached hydrogens (tertiary/aromatic N) is 2. The Kier molecular flexibility index (Phi) is 5.33. The molecule has 130 valence electrons. The van der Waals surface area contributed by atoms with Gasteiger partial charge in [0.05, 0.1) is 17.3 Å². The first-order valence-electron chi connectivity index (χ1n) is 8.15. The highest BCUT2D eigenvalue weighted by molar-refractivity contribution is 5.68. The van der Waals surface area contributed by atoms with Crippen molar-refractivity contribution < 1.29 is 13.9 Å². The van der Waals surface area contributed by atoms with Gasteiger partial charge in [0, 0.05) is 18.6 Å². The van der Waals surface area contributed by atoms with Crippen LogP contribution >= 0.6 is 0 Å². The maximum absolute atomic E-state index is 14.2. The predicted molar refractivity (Wildman–Crippen MR) is 90.3 cm³/mol. The third-order valence-corrected chi connectivity index (χ3v) is 3.98. The number of carbonyl (C=O) groups excluding carboxylic acids is 1. The number of nitriles is 1. The molecule has 1 aromatic carbocycles. The fourth-order valence-corrected chi connectivity index (χ4v) is 2.94. The van der Waals surface area contributed by atoms with Crippen LogP contribution in [-0.4, -0.2) is 30.3 Å². The van der Waals surface area contributed by atoms with Crippen LogP contribution < -0.4 is 10.2 Å². The van der Waals surface area contributed by atoms with Crippen molar-refractivity contribution in [3.63, 3.8) is 0 Å². The molecule has 1 heterocycles. The van der Waals surface area contributed by atoms with Crippen LogP contribution in [0, 0.1) is 17.1 Å². The van der Waals surface area contributed by atoms with Crippen LogP contribution in [0.15, 0.2) is 18.2 Å². The minimum absolute atomic E-state index is 0.00698. The lowest BCUT2D eigenvalue weighted by Gasteiger charge is -2.39. The Bertz CT molecular complexity index is 649. The molecule has 0 saturated carbocycles. The Morgan fingerprint density at radius 3 is 2.71 bits per heavy atom. The lowest BCUT2D eigenvalue weighted by Crippen LogP contribution is -2.50. The third-order valence-electron chi connectivity index (χ3n) is 3.98. The Balaban J connectivity index is 1.98. The largest absolute Gasteiger partial charge is 0.444 e. The quantitative estimate of drug-likeness (QED) is 0.898. The normalized spacial score (nSPS) is 21.1. The molecule has 24 heavy (non-hydrogen) atoms. The van der Waals surface area contributed by atoms with E-state index in [9.17, 15) is 9.18 Å². The molecular weight excluding hydrogens is 309 g/mol. The van der Waals surface area contributed by atoms with E-state index in [1.165, 1.54) is 6.07 Å². The average Bonchev–Trinajstić information content (AvgIpc) is 2.46. The Morgan fingerprint density at radius 1 is 1.46 bits per heavy atom. The molecule has 2 rings (SSSR count). The molecule has 1 fully saturated rings. The Hall–Kier alpha value is -2.29. The van der Waals surface area contributed by atoms with Gasteiger partial charge in [-0.15, -0.1) is 0 Å². The van der Waals surface area contributed by atoms with E-state index >= 15 is 0 Å². The van der Waals surface area contributed by atoms with Crippen molar-refractivity contribution in [2.75, 3.05) is 11.4 Å². The molecule has 1 N–H and O–H groups in total. The van der Waals surface area contributed by atoms with Crippen molar-refractivity contribution in [1.29, 1.82) is 5.26 Å². The van der Waals surface area contributed by atoms with Gasteiger partial charge in [0.2, 0.25) is 0 Å². The first kappa shape index (κ1) is 18.1. The van der Waals surface area contributed by atoms with Gasteiger partial charge in [0.15, 0.2) is 0 Å². The van der Waals surface area contributed by atoms with Crippen LogP contribution in [0.25, 0.3) is 0 Å². The van der Waals surface area contributed by atoms with Crippen molar-refractivity contribution in [3.05, 3.63) is 29.6 Å². The summed E-state index contributed by atoms with van der Waals surface area (Å²) in [5.41, 5.74) is 0.282. The summed E-state index contributed by atoms with van der Waals surface area (Å²) in [6.07, 6.45) is 1.000. The average molecular weight is 333 g/mol. The molecule has 6 heteroatoms. The summed E-state index contributed by atoms with van der Waals surface area (Å²) < 4.78 is 19.5. The molecular formula is C18H24FN3O2. The van der Waals surface area contributed by atoms with Crippen molar-refractivity contribution >= 4 is 11.8 Å². The maximum Gasteiger partial charge on any atom is 0.407 e.